The molecular formula is C22H18ClN5O3S. The maximum atomic E-state index is 12.9. The Balaban J connectivity index is 1.77. The Kier molecular flexibility index (Phi) is 6.08. The molecule has 32 heavy (non-hydrogen) atoms. The number of carbonyl (C=O) groups excluding carboxylic acids is 1. The summed E-state index contributed by atoms with van der Waals surface area (Å²) in [7, 11) is 3.04. The van der Waals surface area contributed by atoms with Gasteiger partial charge in [0.05, 0.1) is 18.6 Å². The molecule has 0 spiro atoms. The molecule has 1 atom stereocenters. The van der Waals surface area contributed by atoms with Crippen LogP contribution in [-0.2, 0) is 11.8 Å². The summed E-state index contributed by atoms with van der Waals surface area (Å²) in [6, 6.07) is 16.1. The molecule has 4 rings (SSSR count). The van der Waals surface area contributed by atoms with E-state index in [4.69, 9.17) is 16.3 Å². The van der Waals surface area contributed by atoms with Gasteiger partial charge in [-0.2, -0.15) is 5.26 Å². The van der Waals surface area contributed by atoms with E-state index in [9.17, 15) is 14.9 Å². The van der Waals surface area contributed by atoms with Crippen molar-refractivity contribution in [1.29, 1.82) is 5.26 Å². The molecule has 1 aliphatic rings. The number of nitriles is 1. The van der Waals surface area contributed by atoms with Gasteiger partial charge in [0.25, 0.3) is 11.5 Å². The Bertz CT molecular complexity index is 1290. The second-order valence-electron chi connectivity index (χ2n) is 6.92. The third kappa shape index (κ3) is 3.90. The lowest BCUT2D eigenvalue weighted by Gasteiger charge is -2.26. The van der Waals surface area contributed by atoms with E-state index in [1.165, 1.54) is 28.4 Å². The fourth-order valence-electron chi connectivity index (χ4n) is 3.32. The molecular weight excluding hydrogens is 450 g/mol. The lowest BCUT2D eigenvalue weighted by atomic mass is 10.1. The summed E-state index contributed by atoms with van der Waals surface area (Å²) in [5.74, 6) is 0.840. The number of thioether (sulfide) groups is 1. The van der Waals surface area contributed by atoms with E-state index >= 15 is 0 Å². The smallest absolute Gasteiger partial charge is 0.273 e. The summed E-state index contributed by atoms with van der Waals surface area (Å²) in [4.78, 5) is 30.1. The summed E-state index contributed by atoms with van der Waals surface area (Å²) in [6.45, 7) is 0. The Labute approximate surface area is 193 Å². The van der Waals surface area contributed by atoms with E-state index in [1.807, 2.05) is 24.3 Å². The normalized spacial score (nSPS) is 15.5. The highest BCUT2D eigenvalue weighted by Crippen LogP contribution is 2.41. The predicted octanol–water partition coefficient (Wildman–Crippen LogP) is 3.58. The SMILES string of the molecule is COc1ccc(-c2nc(NN3C(=O)CSC3c3ccccc3Cl)n(C)c(=O)c2C#N)cc1. The van der Waals surface area contributed by atoms with Gasteiger partial charge in [0.15, 0.2) is 0 Å². The van der Waals surface area contributed by atoms with E-state index in [-0.39, 0.29) is 28.9 Å². The fraction of sp³-hybridized carbons (Fsp3) is 0.182. The second-order valence-corrected chi connectivity index (χ2v) is 8.40. The van der Waals surface area contributed by atoms with Crippen molar-refractivity contribution in [2.45, 2.75) is 5.37 Å². The van der Waals surface area contributed by atoms with Gasteiger partial charge in [-0.25, -0.2) is 9.99 Å². The standard InChI is InChI=1S/C22H18ClN5O3S/c1-27-20(30)16(11-24)19(13-7-9-14(31-2)10-8-13)25-22(27)26-28-18(29)12-32-21(28)15-5-3-4-6-17(15)23/h3-10,21H,12H2,1-2H3,(H,25,26). The monoisotopic (exact) mass is 467 g/mol. The molecule has 1 fully saturated rings. The number of carbonyl (C=O) groups is 1. The zero-order valence-corrected chi connectivity index (χ0v) is 18.8. The van der Waals surface area contributed by atoms with Crippen molar-refractivity contribution in [1.82, 2.24) is 14.6 Å². The van der Waals surface area contributed by atoms with E-state index < -0.39 is 10.9 Å². The number of hydrogen-bond donors (Lipinski definition) is 1. The van der Waals surface area contributed by atoms with Crippen molar-refractivity contribution in [2.75, 3.05) is 18.3 Å². The van der Waals surface area contributed by atoms with E-state index in [0.717, 1.165) is 5.56 Å². The van der Waals surface area contributed by atoms with Crippen LogP contribution in [0.4, 0.5) is 5.95 Å². The average molecular weight is 468 g/mol. The van der Waals surface area contributed by atoms with Gasteiger partial charge in [0.2, 0.25) is 5.95 Å². The summed E-state index contributed by atoms with van der Waals surface area (Å²) >= 11 is 7.77. The number of halogens is 1. The number of aromatic nitrogens is 2. The number of amides is 1. The molecule has 2 heterocycles. The molecule has 0 radical (unpaired) electrons. The van der Waals surface area contributed by atoms with Crippen molar-refractivity contribution in [3.05, 3.63) is 75.0 Å². The van der Waals surface area contributed by atoms with Crippen LogP contribution >= 0.6 is 23.4 Å². The van der Waals surface area contributed by atoms with Crippen LogP contribution in [0.15, 0.2) is 53.3 Å². The fourth-order valence-corrected chi connectivity index (χ4v) is 4.77. The minimum atomic E-state index is -0.524. The molecule has 10 heteroatoms. The zero-order chi connectivity index (χ0) is 22.8. The van der Waals surface area contributed by atoms with Crippen LogP contribution in [0.5, 0.6) is 5.75 Å². The van der Waals surface area contributed by atoms with Crippen molar-refractivity contribution >= 4 is 35.2 Å². The minimum Gasteiger partial charge on any atom is -0.497 e. The third-order valence-electron chi connectivity index (χ3n) is 5.03. The Morgan fingerprint density at radius 1 is 1.22 bits per heavy atom. The van der Waals surface area contributed by atoms with Crippen molar-refractivity contribution in [3.63, 3.8) is 0 Å². The maximum absolute atomic E-state index is 12.9. The molecule has 8 nitrogen and oxygen atoms in total. The average Bonchev–Trinajstić information content (AvgIpc) is 3.17. The van der Waals surface area contributed by atoms with Gasteiger partial charge in [-0.3, -0.25) is 19.6 Å². The first-order chi connectivity index (χ1) is 15.4. The first-order valence-corrected chi connectivity index (χ1v) is 11.0. The van der Waals surface area contributed by atoms with E-state index in [0.29, 0.717) is 16.3 Å². The predicted molar refractivity (Wildman–Crippen MR) is 123 cm³/mol. The van der Waals surface area contributed by atoms with Crippen molar-refractivity contribution in [3.8, 4) is 23.1 Å². The molecule has 2 aromatic carbocycles. The van der Waals surface area contributed by atoms with Gasteiger partial charge >= 0.3 is 0 Å². The molecule has 1 aliphatic heterocycles. The van der Waals surface area contributed by atoms with Crippen LogP contribution in [0.3, 0.4) is 0 Å². The Morgan fingerprint density at radius 2 is 1.94 bits per heavy atom. The molecule has 1 saturated heterocycles. The van der Waals surface area contributed by atoms with Crippen LogP contribution in [0, 0.1) is 11.3 Å². The number of rotatable bonds is 5. The van der Waals surface area contributed by atoms with Gasteiger partial charge in [-0.1, -0.05) is 29.8 Å². The van der Waals surface area contributed by atoms with Gasteiger partial charge < -0.3 is 4.74 Å². The van der Waals surface area contributed by atoms with E-state index in [1.54, 1.807) is 37.4 Å². The zero-order valence-electron chi connectivity index (χ0n) is 17.2. The molecule has 0 bridgehead atoms. The van der Waals surface area contributed by atoms with Crippen LogP contribution in [0.1, 0.15) is 16.5 Å². The van der Waals surface area contributed by atoms with Crippen LogP contribution in [0.25, 0.3) is 11.3 Å². The number of hydrazine groups is 1. The van der Waals surface area contributed by atoms with E-state index in [2.05, 4.69) is 10.4 Å². The summed E-state index contributed by atoms with van der Waals surface area (Å²) < 4.78 is 6.39. The Hall–Kier alpha value is -3.48. The molecule has 162 valence electrons. The summed E-state index contributed by atoms with van der Waals surface area (Å²) in [6.07, 6.45) is 0. The van der Waals surface area contributed by atoms with Gasteiger partial charge in [-0.15, -0.1) is 11.8 Å². The highest BCUT2D eigenvalue weighted by Gasteiger charge is 2.35. The molecule has 0 aliphatic carbocycles. The number of benzene rings is 2. The lowest BCUT2D eigenvalue weighted by Crippen LogP contribution is -2.37. The first-order valence-electron chi connectivity index (χ1n) is 9.55. The van der Waals surface area contributed by atoms with Crippen LogP contribution in [-0.4, -0.2) is 33.3 Å². The highest BCUT2D eigenvalue weighted by atomic mass is 35.5. The number of anilines is 1. The number of nitrogens with zero attached hydrogens (tertiary/aromatic N) is 4. The first kappa shape index (κ1) is 21.7. The maximum Gasteiger partial charge on any atom is 0.273 e. The highest BCUT2D eigenvalue weighted by molar-refractivity contribution is 8.00. The lowest BCUT2D eigenvalue weighted by molar-refractivity contribution is -0.126. The second kappa shape index (κ2) is 8.94. The summed E-state index contributed by atoms with van der Waals surface area (Å²) in [5, 5.41) is 11.1. The van der Waals surface area contributed by atoms with Gasteiger partial charge in [-0.05, 0) is 30.3 Å². The van der Waals surface area contributed by atoms with Crippen molar-refractivity contribution in [2.24, 2.45) is 7.05 Å². The number of hydrogen-bond acceptors (Lipinski definition) is 7. The minimum absolute atomic E-state index is 0.0898. The van der Waals surface area contributed by atoms with Gasteiger partial charge in [0.1, 0.15) is 22.8 Å². The number of methoxy groups -OCH3 is 1. The molecule has 1 aromatic heterocycles. The molecule has 0 saturated carbocycles. The molecule has 1 N–H and O–H groups in total. The molecule has 1 unspecified atom stereocenters. The van der Waals surface area contributed by atoms with Crippen LogP contribution in [0.2, 0.25) is 5.02 Å². The van der Waals surface area contributed by atoms with Crippen molar-refractivity contribution < 1.29 is 9.53 Å². The topological polar surface area (TPSA) is 100 Å². The quantitative estimate of drug-likeness (QED) is 0.612. The van der Waals surface area contributed by atoms with Crippen LogP contribution < -0.4 is 15.7 Å². The third-order valence-corrected chi connectivity index (χ3v) is 6.56. The Morgan fingerprint density at radius 3 is 2.59 bits per heavy atom. The largest absolute Gasteiger partial charge is 0.497 e. The molecule has 1 amide bonds. The summed E-state index contributed by atoms with van der Waals surface area (Å²) in [5.41, 5.74) is 3.93. The number of ether oxygens (including phenoxy) is 1. The molecule has 3 aromatic rings. The van der Waals surface area contributed by atoms with Gasteiger partial charge in [0, 0.05) is 23.2 Å². The number of nitrogens with one attached hydrogen (secondary N) is 1.